The van der Waals surface area contributed by atoms with Gasteiger partial charge in [-0.3, -0.25) is 0 Å². The number of amides is 1. The van der Waals surface area contributed by atoms with Crippen LogP contribution >= 0.6 is 0 Å². The molecule has 116 valence electrons. The van der Waals surface area contributed by atoms with E-state index in [2.05, 4.69) is 0 Å². The monoisotopic (exact) mass is 390 g/mol. The number of hydrogen-bond acceptors (Lipinski definition) is 5. The van der Waals surface area contributed by atoms with Gasteiger partial charge in [0.25, 0.3) is 0 Å². The van der Waals surface area contributed by atoms with Crippen LogP contribution in [-0.2, 0) is 18.9 Å². The van der Waals surface area contributed by atoms with Gasteiger partial charge >= 0.3 is 126 Å². The first kappa shape index (κ1) is 19.0. The van der Waals surface area contributed by atoms with E-state index in [4.69, 9.17) is 18.9 Å². The van der Waals surface area contributed by atoms with Crippen molar-refractivity contribution in [2.24, 2.45) is 0 Å². The van der Waals surface area contributed by atoms with E-state index in [1.807, 2.05) is 9.83 Å². The van der Waals surface area contributed by atoms with Crippen molar-refractivity contribution in [1.82, 2.24) is 4.90 Å². The normalized spacial score (nSPS) is 10.9. The van der Waals surface area contributed by atoms with Crippen molar-refractivity contribution in [1.29, 1.82) is 0 Å². The van der Waals surface area contributed by atoms with Crippen LogP contribution in [0.1, 0.15) is 0 Å². The van der Waals surface area contributed by atoms with Crippen LogP contribution in [0.5, 0.6) is 0 Å². The average Bonchev–Trinajstić information content (AvgIpc) is 2.43. The Morgan fingerprint density at radius 2 is 1.37 bits per heavy atom. The molecule has 0 saturated carbocycles. The van der Waals surface area contributed by atoms with E-state index in [0.717, 1.165) is 0 Å². The zero-order chi connectivity index (χ0) is 14.3. The molecule has 0 rings (SSSR count). The van der Waals surface area contributed by atoms with Crippen molar-refractivity contribution in [2.45, 2.75) is 0 Å². The zero-order valence-electron chi connectivity index (χ0n) is 12.0. The molecule has 0 N–H and O–H groups in total. The molecule has 0 radical (unpaired) electrons. The molecule has 0 aliphatic rings. The van der Waals surface area contributed by atoms with Gasteiger partial charge < -0.3 is 0 Å². The van der Waals surface area contributed by atoms with E-state index in [-0.39, 0.29) is 3.91 Å². The Labute approximate surface area is 126 Å². The molecule has 0 atom stereocenters. The topological polar surface area (TPSA) is 57.2 Å². The summed E-state index contributed by atoms with van der Waals surface area (Å²) in [6.45, 7) is 4.58. The van der Waals surface area contributed by atoms with E-state index in [1.54, 1.807) is 14.2 Å². The first-order chi connectivity index (χ1) is 9.26. The number of ether oxygens (including phenoxy) is 4. The van der Waals surface area contributed by atoms with Gasteiger partial charge in [0.15, 0.2) is 0 Å². The van der Waals surface area contributed by atoms with Crippen molar-refractivity contribution >= 4 is 3.91 Å². The minimum absolute atomic E-state index is 0.226. The maximum atomic E-state index is 11.8. The molecule has 0 aromatic carbocycles. The molecule has 1 amide bonds. The molecule has 0 bridgehead atoms. The van der Waals surface area contributed by atoms with E-state index >= 15 is 0 Å². The van der Waals surface area contributed by atoms with Gasteiger partial charge in [-0.15, -0.1) is 0 Å². The summed E-state index contributed by atoms with van der Waals surface area (Å²) in [6.07, 6.45) is 0. The summed E-state index contributed by atoms with van der Waals surface area (Å²) in [5, 5.41) is 0. The second kappa shape index (κ2) is 14.4. The average molecular weight is 390 g/mol. The van der Waals surface area contributed by atoms with Crippen LogP contribution < -0.4 is 21.2 Å². The van der Waals surface area contributed by atoms with Crippen LogP contribution in [-0.4, -0.2) is 80.7 Å². The second-order valence-electron chi connectivity index (χ2n) is 3.64. The SMILES string of the molecule is COCCOCCN(CCOCCOC)C(=O)[I-]C. The second-order valence-corrected chi connectivity index (χ2v) is 5.64. The predicted octanol–water partition coefficient (Wildman–Crippen LogP) is -2.55. The molecule has 0 aromatic heterocycles. The van der Waals surface area contributed by atoms with Crippen molar-refractivity contribution in [2.75, 3.05) is 71.9 Å². The quantitative estimate of drug-likeness (QED) is 0.114. The van der Waals surface area contributed by atoms with E-state index in [1.165, 1.54) is 0 Å². The molecule has 0 aromatic rings. The van der Waals surface area contributed by atoms with Gasteiger partial charge in [-0.2, -0.15) is 0 Å². The number of carbonyl (C=O) groups excluding carboxylic acids is 1. The molecule has 0 aliphatic carbocycles. The molecule has 6 nitrogen and oxygen atoms in total. The molecule has 0 unspecified atom stereocenters. The van der Waals surface area contributed by atoms with Gasteiger partial charge in [-0.25, -0.2) is 0 Å². The third kappa shape index (κ3) is 11.6. The Balaban J connectivity index is 3.73. The summed E-state index contributed by atoms with van der Waals surface area (Å²) in [6, 6.07) is 0. The number of methoxy groups -OCH3 is 2. The Kier molecular flexibility index (Phi) is 14.5. The first-order valence-electron chi connectivity index (χ1n) is 6.18. The van der Waals surface area contributed by atoms with Gasteiger partial charge in [-0.1, -0.05) is 0 Å². The minimum atomic E-state index is -0.428. The van der Waals surface area contributed by atoms with E-state index in [0.29, 0.717) is 52.7 Å². The Bertz CT molecular complexity index is 204. The number of carbonyl (C=O) groups is 1. The number of alkyl halides is 1. The third-order valence-electron chi connectivity index (χ3n) is 2.28. The van der Waals surface area contributed by atoms with Crippen LogP contribution in [0.25, 0.3) is 0 Å². The van der Waals surface area contributed by atoms with Crippen molar-refractivity contribution in [3.8, 4) is 0 Å². The molecular formula is C12H25INO5-. The summed E-state index contributed by atoms with van der Waals surface area (Å²) in [4.78, 5) is 15.5. The first-order valence-corrected chi connectivity index (χ1v) is 9.41. The third-order valence-corrected chi connectivity index (χ3v) is 3.89. The van der Waals surface area contributed by atoms with Gasteiger partial charge in [0.05, 0.1) is 0 Å². The Hall–Kier alpha value is 0.0400. The molecule has 19 heavy (non-hydrogen) atoms. The summed E-state index contributed by atoms with van der Waals surface area (Å²) in [5.41, 5.74) is 0. The fraction of sp³-hybridized carbons (Fsp3) is 0.917. The number of hydrogen-bond donors (Lipinski definition) is 0. The predicted molar refractivity (Wildman–Crippen MR) is 68.3 cm³/mol. The maximum absolute atomic E-state index is 11.8. The van der Waals surface area contributed by atoms with Crippen LogP contribution in [0.3, 0.4) is 0 Å². The van der Waals surface area contributed by atoms with Crippen molar-refractivity contribution in [3.63, 3.8) is 0 Å². The number of halogens is 1. The molecule has 0 fully saturated rings. The molecule has 7 heteroatoms. The summed E-state index contributed by atoms with van der Waals surface area (Å²) in [7, 11) is 3.27. The number of rotatable bonds is 13. The van der Waals surface area contributed by atoms with Gasteiger partial charge in [0.2, 0.25) is 0 Å². The molecule has 0 saturated heterocycles. The van der Waals surface area contributed by atoms with Crippen LogP contribution in [0, 0.1) is 0 Å². The van der Waals surface area contributed by atoms with Crippen LogP contribution in [0.4, 0.5) is 4.79 Å². The standard InChI is InChI=1S/C12H25INO5/c1-13-12(15)14(4-6-18-10-8-16-2)5-7-19-11-9-17-3/h4-11H2,1-3H3/q-1. The molecular weight excluding hydrogens is 365 g/mol. The molecule has 0 spiro atoms. The molecule has 0 aliphatic heterocycles. The fourth-order valence-electron chi connectivity index (χ4n) is 1.25. The van der Waals surface area contributed by atoms with E-state index < -0.39 is 21.2 Å². The van der Waals surface area contributed by atoms with Crippen molar-refractivity contribution < 1.29 is 44.9 Å². The Morgan fingerprint density at radius 3 is 1.74 bits per heavy atom. The van der Waals surface area contributed by atoms with Crippen LogP contribution in [0.2, 0.25) is 0 Å². The van der Waals surface area contributed by atoms with Gasteiger partial charge in [0.1, 0.15) is 0 Å². The van der Waals surface area contributed by atoms with Crippen molar-refractivity contribution in [3.05, 3.63) is 0 Å². The summed E-state index contributed by atoms with van der Waals surface area (Å²) in [5.74, 6) is 0. The van der Waals surface area contributed by atoms with Gasteiger partial charge in [-0.05, 0) is 0 Å². The zero-order valence-corrected chi connectivity index (χ0v) is 14.2. The fourth-order valence-corrected chi connectivity index (χ4v) is 2.41. The number of nitrogens with zero attached hydrogens (tertiary/aromatic N) is 1. The van der Waals surface area contributed by atoms with E-state index in [9.17, 15) is 4.79 Å². The summed E-state index contributed by atoms with van der Waals surface area (Å²) < 4.78 is 20.8. The van der Waals surface area contributed by atoms with Gasteiger partial charge in [0, 0.05) is 0 Å². The Morgan fingerprint density at radius 1 is 0.895 bits per heavy atom. The molecule has 0 heterocycles. The van der Waals surface area contributed by atoms with Crippen LogP contribution in [0.15, 0.2) is 0 Å². The summed E-state index contributed by atoms with van der Waals surface area (Å²) >= 11 is -0.428.